The number of hydrogen-bond acceptors (Lipinski definition) is 7. The molecule has 0 saturated heterocycles. The average Bonchev–Trinajstić information content (AvgIpc) is 2.98. The SMILES string of the molecule is CCC1(CC)CC(=O)N([C@@H](c2cccc(C(=O)N[C@H]3CCOc4ccccc43)c2)c2cccc(S(C)(=O)=O)c2)C(N)=N1. The van der Waals surface area contributed by atoms with Gasteiger partial charge in [-0.05, 0) is 54.3 Å². The maximum Gasteiger partial charge on any atom is 0.251 e. The summed E-state index contributed by atoms with van der Waals surface area (Å²) in [6, 6.07) is 20.1. The van der Waals surface area contributed by atoms with E-state index in [1.54, 1.807) is 42.5 Å². The summed E-state index contributed by atoms with van der Waals surface area (Å²) in [6.07, 6.45) is 3.26. The molecule has 5 rings (SSSR count). The van der Waals surface area contributed by atoms with Crippen molar-refractivity contribution < 1.29 is 22.7 Å². The molecule has 0 spiro atoms. The predicted molar refractivity (Wildman–Crippen MR) is 161 cm³/mol. The fraction of sp³-hybridized carbons (Fsp3) is 0.344. The smallest absolute Gasteiger partial charge is 0.251 e. The maximum absolute atomic E-state index is 13.8. The van der Waals surface area contributed by atoms with Crippen molar-refractivity contribution in [2.24, 2.45) is 10.7 Å². The van der Waals surface area contributed by atoms with Crippen molar-refractivity contribution in [3.05, 3.63) is 95.1 Å². The molecule has 10 heteroatoms. The Morgan fingerprint density at radius 1 is 1.07 bits per heavy atom. The largest absolute Gasteiger partial charge is 0.493 e. The van der Waals surface area contributed by atoms with Crippen LogP contribution in [0.1, 0.15) is 78.7 Å². The summed E-state index contributed by atoms with van der Waals surface area (Å²) >= 11 is 0. The van der Waals surface area contributed by atoms with E-state index in [-0.39, 0.29) is 35.1 Å². The van der Waals surface area contributed by atoms with Gasteiger partial charge in [-0.15, -0.1) is 0 Å². The van der Waals surface area contributed by atoms with E-state index in [0.29, 0.717) is 42.6 Å². The third-order valence-corrected chi connectivity index (χ3v) is 9.36. The molecule has 0 aromatic heterocycles. The van der Waals surface area contributed by atoms with Crippen LogP contribution in [0.25, 0.3) is 0 Å². The highest BCUT2D eigenvalue weighted by Gasteiger charge is 2.41. The number of guanidine groups is 1. The Kier molecular flexibility index (Phi) is 8.10. The second-order valence-corrected chi connectivity index (χ2v) is 12.9. The number of aliphatic imine (C=N–C) groups is 1. The molecule has 0 bridgehead atoms. The molecule has 3 aromatic carbocycles. The van der Waals surface area contributed by atoms with E-state index in [0.717, 1.165) is 17.6 Å². The number of nitrogens with zero attached hydrogens (tertiary/aromatic N) is 2. The van der Waals surface area contributed by atoms with Gasteiger partial charge in [0.25, 0.3) is 5.91 Å². The highest BCUT2D eigenvalue weighted by molar-refractivity contribution is 7.90. The molecule has 2 amide bonds. The molecule has 0 aliphatic carbocycles. The van der Waals surface area contributed by atoms with E-state index in [9.17, 15) is 18.0 Å². The molecule has 3 aromatic rings. The van der Waals surface area contributed by atoms with E-state index in [2.05, 4.69) is 5.32 Å². The minimum absolute atomic E-state index is 0.0679. The number of rotatable bonds is 8. The minimum atomic E-state index is -3.53. The summed E-state index contributed by atoms with van der Waals surface area (Å²) in [5.41, 5.74) is 8.39. The van der Waals surface area contributed by atoms with Crippen molar-refractivity contribution in [1.29, 1.82) is 0 Å². The van der Waals surface area contributed by atoms with Crippen molar-refractivity contribution in [3.8, 4) is 5.75 Å². The molecule has 42 heavy (non-hydrogen) atoms. The lowest BCUT2D eigenvalue weighted by molar-refractivity contribution is -0.131. The zero-order valence-corrected chi connectivity index (χ0v) is 24.9. The lowest BCUT2D eigenvalue weighted by atomic mass is 9.86. The number of hydrogen-bond donors (Lipinski definition) is 2. The summed E-state index contributed by atoms with van der Waals surface area (Å²) in [5, 5.41) is 3.12. The number of carbonyl (C=O) groups is 2. The lowest BCUT2D eigenvalue weighted by Gasteiger charge is -2.40. The third-order valence-electron chi connectivity index (χ3n) is 8.25. The van der Waals surface area contributed by atoms with Gasteiger partial charge in [0.05, 0.1) is 35.5 Å². The van der Waals surface area contributed by atoms with Crippen LogP contribution in [-0.2, 0) is 14.6 Å². The van der Waals surface area contributed by atoms with Gasteiger partial charge < -0.3 is 15.8 Å². The molecule has 0 unspecified atom stereocenters. The van der Waals surface area contributed by atoms with Gasteiger partial charge in [0.2, 0.25) is 5.91 Å². The fourth-order valence-corrected chi connectivity index (χ4v) is 6.43. The van der Waals surface area contributed by atoms with E-state index in [1.165, 1.54) is 11.0 Å². The van der Waals surface area contributed by atoms with Crippen molar-refractivity contribution in [2.75, 3.05) is 12.9 Å². The van der Waals surface area contributed by atoms with Crippen molar-refractivity contribution in [1.82, 2.24) is 10.2 Å². The van der Waals surface area contributed by atoms with Gasteiger partial charge >= 0.3 is 0 Å². The Morgan fingerprint density at radius 3 is 2.45 bits per heavy atom. The van der Waals surface area contributed by atoms with Gasteiger partial charge in [-0.2, -0.15) is 0 Å². The molecule has 3 N–H and O–H groups in total. The van der Waals surface area contributed by atoms with Crippen LogP contribution < -0.4 is 15.8 Å². The molecule has 0 radical (unpaired) electrons. The number of benzene rings is 3. The molecule has 9 nitrogen and oxygen atoms in total. The van der Waals surface area contributed by atoms with Crippen LogP contribution in [0.3, 0.4) is 0 Å². The van der Waals surface area contributed by atoms with E-state index in [4.69, 9.17) is 15.5 Å². The summed E-state index contributed by atoms with van der Waals surface area (Å²) in [5.74, 6) is 0.333. The van der Waals surface area contributed by atoms with Crippen LogP contribution in [-0.4, -0.2) is 49.5 Å². The molecule has 2 aliphatic heterocycles. The Morgan fingerprint density at radius 2 is 1.76 bits per heavy atom. The number of para-hydroxylation sites is 1. The van der Waals surface area contributed by atoms with E-state index in [1.807, 2.05) is 38.1 Å². The fourth-order valence-electron chi connectivity index (χ4n) is 5.75. The second kappa shape index (κ2) is 11.6. The summed E-state index contributed by atoms with van der Waals surface area (Å²) in [7, 11) is -3.53. The number of nitrogens with two attached hydrogens (primary N) is 1. The zero-order chi connectivity index (χ0) is 30.1. The number of amides is 2. The number of nitrogens with one attached hydrogen (secondary N) is 1. The van der Waals surface area contributed by atoms with Crippen LogP contribution >= 0.6 is 0 Å². The average molecular weight is 589 g/mol. The molecular weight excluding hydrogens is 552 g/mol. The van der Waals surface area contributed by atoms with Gasteiger partial charge in [-0.1, -0.05) is 56.3 Å². The van der Waals surface area contributed by atoms with Crippen molar-refractivity contribution in [2.45, 2.75) is 62.0 Å². The highest BCUT2D eigenvalue weighted by Crippen LogP contribution is 2.37. The number of sulfone groups is 1. The summed E-state index contributed by atoms with van der Waals surface area (Å²) in [6.45, 7) is 4.46. The Balaban J connectivity index is 1.56. The van der Waals surface area contributed by atoms with Gasteiger partial charge in [0.1, 0.15) is 5.75 Å². The van der Waals surface area contributed by atoms with Gasteiger partial charge in [-0.25, -0.2) is 13.4 Å². The Hall–Kier alpha value is -4.18. The highest BCUT2D eigenvalue weighted by atomic mass is 32.2. The first-order valence-electron chi connectivity index (χ1n) is 14.1. The normalized spacial score (nSPS) is 18.8. The van der Waals surface area contributed by atoms with Gasteiger partial charge in [0, 0.05) is 23.8 Å². The molecule has 0 fully saturated rings. The molecule has 220 valence electrons. The van der Waals surface area contributed by atoms with Crippen LogP contribution in [0.5, 0.6) is 5.75 Å². The summed E-state index contributed by atoms with van der Waals surface area (Å²) < 4.78 is 30.6. The monoisotopic (exact) mass is 588 g/mol. The first-order valence-corrected chi connectivity index (χ1v) is 16.0. The topological polar surface area (TPSA) is 131 Å². The number of fused-ring (bicyclic) bond motifs is 1. The quantitative estimate of drug-likeness (QED) is 0.397. The number of ether oxygens (including phenoxy) is 1. The minimum Gasteiger partial charge on any atom is -0.493 e. The van der Waals surface area contributed by atoms with Gasteiger partial charge in [0.15, 0.2) is 15.8 Å². The predicted octanol–water partition coefficient (Wildman–Crippen LogP) is 4.54. The number of carbonyl (C=O) groups excluding carboxylic acids is 2. The molecule has 2 heterocycles. The van der Waals surface area contributed by atoms with Crippen molar-refractivity contribution in [3.63, 3.8) is 0 Å². The van der Waals surface area contributed by atoms with Crippen LogP contribution in [0.4, 0.5) is 0 Å². The van der Waals surface area contributed by atoms with Crippen molar-refractivity contribution >= 4 is 27.6 Å². The van der Waals surface area contributed by atoms with Crippen LogP contribution in [0, 0.1) is 0 Å². The summed E-state index contributed by atoms with van der Waals surface area (Å²) in [4.78, 5) is 33.6. The molecule has 0 saturated carbocycles. The first-order chi connectivity index (χ1) is 20.0. The van der Waals surface area contributed by atoms with E-state index < -0.39 is 21.4 Å². The third kappa shape index (κ3) is 5.76. The van der Waals surface area contributed by atoms with Crippen LogP contribution in [0.15, 0.2) is 82.7 Å². The first kappa shape index (κ1) is 29.3. The van der Waals surface area contributed by atoms with Crippen LogP contribution in [0.2, 0.25) is 0 Å². The lowest BCUT2D eigenvalue weighted by Crippen LogP contribution is -2.52. The zero-order valence-electron chi connectivity index (χ0n) is 24.0. The molecule has 2 atom stereocenters. The Labute approximate surface area is 246 Å². The molecular formula is C32H36N4O5S. The van der Waals surface area contributed by atoms with Gasteiger partial charge in [-0.3, -0.25) is 14.5 Å². The van der Waals surface area contributed by atoms with E-state index >= 15 is 0 Å². The molecule has 2 aliphatic rings. The standard InChI is InChI=1S/C32H36N4O5S/c1-4-32(5-2)20-28(37)36(31(33)35-32)29(22-11-9-13-24(19-22)42(3,39)40)21-10-8-12-23(18-21)30(38)34-26-16-17-41-27-15-7-6-14-25(26)27/h6-15,18-19,26,29H,4-5,16-17,20H2,1-3H3,(H2,33,35)(H,34,38)/t26-,29-/m0/s1. The maximum atomic E-state index is 13.8. The second-order valence-electron chi connectivity index (χ2n) is 10.9. The Bertz CT molecular complexity index is 1650.